The summed E-state index contributed by atoms with van der Waals surface area (Å²) in [6, 6.07) is 8.82. The second-order valence-corrected chi connectivity index (χ2v) is 6.48. The van der Waals surface area contributed by atoms with Crippen LogP contribution in [0.4, 0.5) is 0 Å². The van der Waals surface area contributed by atoms with E-state index >= 15 is 0 Å². The first-order chi connectivity index (χ1) is 14.0. The van der Waals surface area contributed by atoms with Gasteiger partial charge in [-0.3, -0.25) is 19.5 Å². The van der Waals surface area contributed by atoms with E-state index in [1.54, 1.807) is 55.7 Å². The van der Waals surface area contributed by atoms with Gasteiger partial charge in [0.25, 0.3) is 17.7 Å². The van der Waals surface area contributed by atoms with Gasteiger partial charge >= 0.3 is 5.97 Å². The average molecular weight is 392 g/mol. The predicted molar refractivity (Wildman–Crippen MR) is 98.4 cm³/mol. The summed E-state index contributed by atoms with van der Waals surface area (Å²) in [6.45, 7) is 3.00. The number of carbonyl (C=O) groups is 3. The zero-order chi connectivity index (χ0) is 20.5. The van der Waals surface area contributed by atoms with Crippen LogP contribution < -0.4 is 0 Å². The Labute approximate surface area is 165 Å². The van der Waals surface area contributed by atoms with Crippen molar-refractivity contribution in [3.63, 3.8) is 0 Å². The molecule has 1 aliphatic rings. The Morgan fingerprint density at radius 2 is 1.76 bits per heavy atom. The van der Waals surface area contributed by atoms with E-state index < -0.39 is 29.9 Å². The fraction of sp³-hybridized carbons (Fsp3) is 0.200. The Morgan fingerprint density at radius 3 is 2.38 bits per heavy atom. The molecule has 0 radical (unpaired) electrons. The Balaban J connectivity index is 1.46. The second-order valence-electron chi connectivity index (χ2n) is 6.48. The fourth-order valence-corrected chi connectivity index (χ4v) is 3.00. The number of amides is 2. The molecule has 2 unspecified atom stereocenters. The predicted octanol–water partition coefficient (Wildman–Crippen LogP) is 2.42. The topological polar surface area (TPSA) is 115 Å². The smallest absolute Gasteiger partial charge is 0.329 e. The molecule has 3 aromatic rings. The fourth-order valence-electron chi connectivity index (χ4n) is 3.00. The zero-order valence-electron chi connectivity index (χ0n) is 15.6. The number of imide groups is 1. The van der Waals surface area contributed by atoms with Gasteiger partial charge in [0, 0.05) is 18.0 Å². The standard InChI is InChI=1S/C20H16N4O5/c1-11(24-18(25)14-7-3-4-8-15(14)19(24)26)20(27)28-12(2)17-22-16(23-29-17)13-6-5-9-21-10-13/h3-12H,1-2H3. The summed E-state index contributed by atoms with van der Waals surface area (Å²) in [7, 11) is 0. The SMILES string of the molecule is CC(OC(=O)C(C)N1C(=O)c2ccccc2C1=O)c1nc(-c2cccnc2)no1. The van der Waals surface area contributed by atoms with Gasteiger partial charge < -0.3 is 9.26 Å². The monoisotopic (exact) mass is 392 g/mol. The average Bonchev–Trinajstić information content (AvgIpc) is 3.33. The van der Waals surface area contributed by atoms with Crippen molar-refractivity contribution in [3.8, 4) is 11.4 Å². The third-order valence-corrected chi connectivity index (χ3v) is 4.56. The highest BCUT2D eigenvalue weighted by Gasteiger charge is 2.41. The number of pyridine rings is 1. The number of carbonyl (C=O) groups excluding carboxylic acids is 3. The number of ether oxygens (including phenoxy) is 1. The van der Waals surface area contributed by atoms with E-state index in [-0.39, 0.29) is 17.0 Å². The molecule has 1 aliphatic heterocycles. The number of rotatable bonds is 5. The van der Waals surface area contributed by atoms with Crippen LogP contribution >= 0.6 is 0 Å². The maximum Gasteiger partial charge on any atom is 0.329 e. The van der Waals surface area contributed by atoms with Gasteiger partial charge in [0.1, 0.15) is 6.04 Å². The minimum Gasteiger partial charge on any atom is -0.451 e. The number of esters is 1. The summed E-state index contributed by atoms with van der Waals surface area (Å²) in [5.41, 5.74) is 1.19. The Morgan fingerprint density at radius 1 is 1.07 bits per heavy atom. The Hall–Kier alpha value is -3.88. The number of nitrogens with zero attached hydrogens (tertiary/aromatic N) is 4. The van der Waals surface area contributed by atoms with Gasteiger partial charge in [-0.15, -0.1) is 0 Å². The number of aromatic nitrogens is 3. The van der Waals surface area contributed by atoms with Crippen LogP contribution in [0.15, 0.2) is 53.3 Å². The van der Waals surface area contributed by atoms with Crippen LogP contribution in [0.5, 0.6) is 0 Å². The normalized spacial score (nSPS) is 15.2. The molecular weight excluding hydrogens is 376 g/mol. The molecule has 4 rings (SSSR count). The molecular formula is C20H16N4O5. The van der Waals surface area contributed by atoms with Gasteiger partial charge in [-0.05, 0) is 38.1 Å². The highest BCUT2D eigenvalue weighted by molar-refractivity contribution is 6.22. The van der Waals surface area contributed by atoms with Crippen molar-refractivity contribution >= 4 is 17.8 Å². The van der Waals surface area contributed by atoms with Crippen molar-refractivity contribution in [2.75, 3.05) is 0 Å². The molecule has 3 heterocycles. The van der Waals surface area contributed by atoms with Crippen LogP contribution in [0.25, 0.3) is 11.4 Å². The highest BCUT2D eigenvalue weighted by atomic mass is 16.6. The molecule has 2 atom stereocenters. The molecule has 9 heteroatoms. The molecule has 0 saturated carbocycles. The van der Waals surface area contributed by atoms with Crippen LogP contribution in [-0.4, -0.2) is 43.9 Å². The molecule has 2 aromatic heterocycles. The van der Waals surface area contributed by atoms with Crippen molar-refractivity contribution < 1.29 is 23.6 Å². The molecule has 0 spiro atoms. The maximum atomic E-state index is 12.6. The molecule has 0 aliphatic carbocycles. The molecule has 0 N–H and O–H groups in total. The summed E-state index contributed by atoms with van der Waals surface area (Å²) in [6.07, 6.45) is 2.34. The van der Waals surface area contributed by atoms with Gasteiger partial charge in [0.2, 0.25) is 5.82 Å². The Kier molecular flexibility index (Phi) is 4.63. The summed E-state index contributed by atoms with van der Waals surface area (Å²) < 4.78 is 10.5. The first-order valence-corrected chi connectivity index (χ1v) is 8.88. The number of hydrogen-bond acceptors (Lipinski definition) is 8. The van der Waals surface area contributed by atoms with Crippen LogP contribution in [-0.2, 0) is 9.53 Å². The number of fused-ring (bicyclic) bond motifs is 1. The van der Waals surface area contributed by atoms with Crippen LogP contribution in [0, 0.1) is 0 Å². The first kappa shape index (κ1) is 18.5. The zero-order valence-corrected chi connectivity index (χ0v) is 15.6. The van der Waals surface area contributed by atoms with Crippen molar-refractivity contribution in [2.45, 2.75) is 26.0 Å². The lowest BCUT2D eigenvalue weighted by molar-refractivity contribution is -0.154. The molecule has 146 valence electrons. The van der Waals surface area contributed by atoms with Crippen molar-refractivity contribution in [2.24, 2.45) is 0 Å². The lowest BCUT2D eigenvalue weighted by atomic mass is 10.1. The van der Waals surface area contributed by atoms with E-state index in [1.807, 2.05) is 0 Å². The quantitative estimate of drug-likeness (QED) is 0.480. The minimum atomic E-state index is -1.11. The molecule has 1 aromatic carbocycles. The second kappa shape index (κ2) is 7.27. The van der Waals surface area contributed by atoms with E-state index in [0.717, 1.165) is 4.90 Å². The van der Waals surface area contributed by atoms with Gasteiger partial charge in [-0.1, -0.05) is 17.3 Å². The molecule has 0 saturated heterocycles. The molecule has 2 amide bonds. The van der Waals surface area contributed by atoms with E-state index in [4.69, 9.17) is 9.26 Å². The van der Waals surface area contributed by atoms with E-state index in [9.17, 15) is 14.4 Å². The van der Waals surface area contributed by atoms with Crippen molar-refractivity contribution in [1.82, 2.24) is 20.0 Å². The van der Waals surface area contributed by atoms with Gasteiger partial charge in [0.15, 0.2) is 6.10 Å². The summed E-state index contributed by atoms with van der Waals surface area (Å²) in [5.74, 6) is -1.41. The largest absolute Gasteiger partial charge is 0.451 e. The first-order valence-electron chi connectivity index (χ1n) is 8.88. The third kappa shape index (κ3) is 3.27. The number of benzene rings is 1. The van der Waals surface area contributed by atoms with Gasteiger partial charge in [-0.2, -0.15) is 4.98 Å². The summed E-state index contributed by atoms with van der Waals surface area (Å²) in [5, 5.41) is 3.85. The lowest BCUT2D eigenvalue weighted by Crippen LogP contribution is -2.43. The van der Waals surface area contributed by atoms with E-state index in [1.165, 1.54) is 6.92 Å². The molecule has 29 heavy (non-hydrogen) atoms. The maximum absolute atomic E-state index is 12.6. The third-order valence-electron chi connectivity index (χ3n) is 4.56. The van der Waals surface area contributed by atoms with Crippen LogP contribution in [0.2, 0.25) is 0 Å². The highest BCUT2D eigenvalue weighted by Crippen LogP contribution is 2.26. The van der Waals surface area contributed by atoms with Crippen molar-refractivity contribution in [1.29, 1.82) is 0 Å². The van der Waals surface area contributed by atoms with E-state index in [0.29, 0.717) is 11.4 Å². The number of hydrogen-bond donors (Lipinski definition) is 0. The van der Waals surface area contributed by atoms with Crippen molar-refractivity contribution in [3.05, 3.63) is 65.8 Å². The van der Waals surface area contributed by atoms with Crippen LogP contribution in [0.1, 0.15) is 46.6 Å². The van der Waals surface area contributed by atoms with E-state index in [2.05, 4.69) is 15.1 Å². The molecule has 0 bridgehead atoms. The molecule has 9 nitrogen and oxygen atoms in total. The Bertz CT molecular complexity index is 1060. The molecule has 0 fully saturated rings. The van der Waals surface area contributed by atoms with Crippen LogP contribution in [0.3, 0.4) is 0 Å². The summed E-state index contributed by atoms with van der Waals surface area (Å²) in [4.78, 5) is 46.7. The minimum absolute atomic E-state index is 0.0896. The van der Waals surface area contributed by atoms with Gasteiger partial charge in [-0.25, -0.2) is 4.79 Å². The lowest BCUT2D eigenvalue weighted by Gasteiger charge is -2.22. The summed E-state index contributed by atoms with van der Waals surface area (Å²) >= 11 is 0. The van der Waals surface area contributed by atoms with Gasteiger partial charge in [0.05, 0.1) is 11.1 Å².